The van der Waals surface area contributed by atoms with Gasteiger partial charge in [-0.15, -0.1) is 0 Å². The zero-order chi connectivity index (χ0) is 25.8. The number of carbonyl (C=O) groups excluding carboxylic acids is 2. The van der Waals surface area contributed by atoms with Gasteiger partial charge in [-0.3, -0.25) is 20.2 Å². The van der Waals surface area contributed by atoms with Crippen molar-refractivity contribution in [3.63, 3.8) is 0 Å². The maximum absolute atomic E-state index is 11.8. The van der Waals surface area contributed by atoms with Crippen LogP contribution in [0, 0.1) is 0 Å². The average Bonchev–Trinajstić information content (AvgIpc) is 2.68. The van der Waals surface area contributed by atoms with Crippen molar-refractivity contribution < 1.29 is 19.1 Å². The van der Waals surface area contributed by atoms with Crippen LogP contribution in [0.1, 0.15) is 91.2 Å². The molecule has 0 aliphatic carbocycles. The number of nitrogens with two attached hydrogens (primary N) is 2. The number of carbonyl (C=O) groups is 2. The highest BCUT2D eigenvalue weighted by molar-refractivity contribution is 5.70. The minimum atomic E-state index is -0.452. The number of hydrogen-bond acceptors (Lipinski definition) is 8. The average molecular weight is 479 g/mol. The van der Waals surface area contributed by atoms with Gasteiger partial charge in [0.1, 0.15) is 11.2 Å². The number of rotatable bonds is 14. The zero-order valence-electron chi connectivity index (χ0n) is 21.9. The molecule has 1 aromatic rings. The number of nitrogens with one attached hydrogen (secondary N) is 2. The second-order valence-corrected chi connectivity index (χ2v) is 10.7. The van der Waals surface area contributed by atoms with E-state index >= 15 is 0 Å². The van der Waals surface area contributed by atoms with E-state index in [1.807, 2.05) is 41.5 Å². The topological polar surface area (TPSA) is 129 Å². The molecule has 0 aliphatic rings. The van der Waals surface area contributed by atoms with Crippen LogP contribution < -0.4 is 22.1 Å². The fraction of sp³-hybridized carbons (Fsp3) is 0.692. The van der Waals surface area contributed by atoms with Crippen molar-refractivity contribution in [1.29, 1.82) is 0 Å². The molecule has 2 unspecified atom stereocenters. The fourth-order valence-electron chi connectivity index (χ4n) is 3.19. The summed E-state index contributed by atoms with van der Waals surface area (Å²) >= 11 is 0. The minimum absolute atomic E-state index is 0.178. The maximum Gasteiger partial charge on any atom is 0.306 e. The molecule has 0 aliphatic heterocycles. The van der Waals surface area contributed by atoms with Crippen molar-refractivity contribution in [2.24, 2.45) is 11.5 Å². The van der Waals surface area contributed by atoms with Crippen LogP contribution in [0.15, 0.2) is 24.3 Å². The molecule has 2 atom stereocenters. The number of hydrogen-bond donors (Lipinski definition) is 4. The standard InChI is InChI=1S/C26H46N4O4/c1-25(2,3)33-23(31)11-7-9-21(27)29-17-19-13-15-20(16-14-19)18-30-22(28)10-8-12-24(32)34-26(4,5)6/h13-16,21-22,29-30H,7-12,17-18,27-28H2,1-6H3. The van der Waals surface area contributed by atoms with E-state index in [1.165, 1.54) is 0 Å². The van der Waals surface area contributed by atoms with Gasteiger partial charge in [0.15, 0.2) is 0 Å². The van der Waals surface area contributed by atoms with Crippen LogP contribution >= 0.6 is 0 Å². The van der Waals surface area contributed by atoms with Gasteiger partial charge in [-0.2, -0.15) is 0 Å². The van der Waals surface area contributed by atoms with Gasteiger partial charge >= 0.3 is 11.9 Å². The quantitative estimate of drug-likeness (QED) is 0.236. The number of esters is 2. The number of ether oxygens (including phenoxy) is 2. The SMILES string of the molecule is CC(C)(C)OC(=O)CCCC(N)NCc1ccc(CNC(N)CCCC(=O)OC(C)(C)C)cc1. The Hall–Kier alpha value is -2.00. The summed E-state index contributed by atoms with van der Waals surface area (Å²) in [5.41, 5.74) is 13.6. The summed E-state index contributed by atoms with van der Waals surface area (Å²) in [5, 5.41) is 6.58. The molecule has 0 heterocycles. The van der Waals surface area contributed by atoms with Crippen LogP contribution in [0.5, 0.6) is 0 Å². The van der Waals surface area contributed by atoms with Gasteiger partial charge in [0.05, 0.1) is 12.3 Å². The third-order valence-electron chi connectivity index (χ3n) is 4.79. The summed E-state index contributed by atoms with van der Waals surface area (Å²) in [4.78, 5) is 23.5. The lowest BCUT2D eigenvalue weighted by Crippen LogP contribution is -2.37. The highest BCUT2D eigenvalue weighted by atomic mass is 16.6. The Kier molecular flexibility index (Phi) is 12.7. The summed E-state index contributed by atoms with van der Waals surface area (Å²) in [6.07, 6.45) is 3.16. The van der Waals surface area contributed by atoms with Crippen molar-refractivity contribution in [3.8, 4) is 0 Å². The summed E-state index contributed by atoms with van der Waals surface area (Å²) in [6.45, 7) is 12.5. The highest BCUT2D eigenvalue weighted by Gasteiger charge is 2.17. The first kappa shape index (κ1) is 30.0. The molecular formula is C26H46N4O4. The Morgan fingerprint density at radius 2 is 1.06 bits per heavy atom. The Labute approximate surface area is 205 Å². The Morgan fingerprint density at radius 3 is 1.35 bits per heavy atom. The lowest BCUT2D eigenvalue weighted by atomic mass is 10.1. The molecule has 8 heteroatoms. The fourth-order valence-corrected chi connectivity index (χ4v) is 3.19. The molecule has 0 fully saturated rings. The Morgan fingerprint density at radius 1 is 0.735 bits per heavy atom. The molecular weight excluding hydrogens is 432 g/mol. The largest absolute Gasteiger partial charge is 0.460 e. The highest BCUT2D eigenvalue weighted by Crippen LogP contribution is 2.12. The van der Waals surface area contributed by atoms with E-state index < -0.39 is 11.2 Å². The minimum Gasteiger partial charge on any atom is -0.460 e. The zero-order valence-corrected chi connectivity index (χ0v) is 21.9. The molecule has 8 nitrogen and oxygen atoms in total. The summed E-state index contributed by atoms with van der Waals surface area (Å²) in [6, 6.07) is 8.24. The molecule has 194 valence electrons. The van der Waals surface area contributed by atoms with Gasteiger partial charge in [-0.05, 0) is 78.4 Å². The van der Waals surface area contributed by atoms with E-state index in [4.69, 9.17) is 20.9 Å². The van der Waals surface area contributed by atoms with E-state index in [1.54, 1.807) is 0 Å². The molecule has 0 radical (unpaired) electrons. The molecule has 6 N–H and O–H groups in total. The van der Waals surface area contributed by atoms with Crippen LogP contribution in [-0.4, -0.2) is 35.5 Å². The summed E-state index contributed by atoms with van der Waals surface area (Å²) in [5.74, 6) is -0.377. The van der Waals surface area contributed by atoms with Crippen molar-refractivity contribution in [1.82, 2.24) is 10.6 Å². The van der Waals surface area contributed by atoms with E-state index in [-0.39, 0.29) is 24.3 Å². The second-order valence-electron chi connectivity index (χ2n) is 10.7. The molecule has 34 heavy (non-hydrogen) atoms. The lowest BCUT2D eigenvalue weighted by Gasteiger charge is -2.20. The van der Waals surface area contributed by atoms with Crippen LogP contribution in [0.2, 0.25) is 0 Å². The van der Waals surface area contributed by atoms with E-state index in [0.717, 1.165) is 11.1 Å². The van der Waals surface area contributed by atoms with Crippen LogP contribution in [0.3, 0.4) is 0 Å². The first-order chi connectivity index (χ1) is 15.7. The van der Waals surface area contributed by atoms with Gasteiger partial charge in [-0.1, -0.05) is 24.3 Å². The van der Waals surface area contributed by atoms with Gasteiger partial charge in [-0.25, -0.2) is 0 Å². The molecule has 1 aromatic carbocycles. The van der Waals surface area contributed by atoms with Crippen LogP contribution in [0.25, 0.3) is 0 Å². The van der Waals surface area contributed by atoms with Gasteiger partial charge in [0.25, 0.3) is 0 Å². The molecule has 0 saturated carbocycles. The van der Waals surface area contributed by atoms with E-state index in [9.17, 15) is 9.59 Å². The Bertz CT molecular complexity index is 676. The summed E-state index contributed by atoms with van der Waals surface area (Å²) in [7, 11) is 0. The van der Waals surface area contributed by atoms with Crippen LogP contribution in [0.4, 0.5) is 0 Å². The van der Waals surface area contributed by atoms with Crippen molar-refractivity contribution in [2.45, 2.75) is 117 Å². The third kappa shape index (κ3) is 15.8. The molecule has 0 aromatic heterocycles. The predicted molar refractivity (Wildman–Crippen MR) is 135 cm³/mol. The number of benzene rings is 1. The van der Waals surface area contributed by atoms with E-state index in [0.29, 0.717) is 51.6 Å². The van der Waals surface area contributed by atoms with Crippen LogP contribution in [-0.2, 0) is 32.2 Å². The Balaban J connectivity index is 2.22. The van der Waals surface area contributed by atoms with Gasteiger partial charge < -0.3 is 20.9 Å². The van der Waals surface area contributed by atoms with Crippen molar-refractivity contribution in [3.05, 3.63) is 35.4 Å². The smallest absolute Gasteiger partial charge is 0.306 e. The third-order valence-corrected chi connectivity index (χ3v) is 4.79. The van der Waals surface area contributed by atoms with Gasteiger partial charge in [0, 0.05) is 25.9 Å². The predicted octanol–water partition coefficient (Wildman–Crippen LogP) is 3.46. The molecule has 0 spiro atoms. The molecule has 0 bridgehead atoms. The van der Waals surface area contributed by atoms with Gasteiger partial charge in [0.2, 0.25) is 0 Å². The maximum atomic E-state index is 11.8. The summed E-state index contributed by atoms with van der Waals surface area (Å²) < 4.78 is 10.6. The van der Waals surface area contributed by atoms with Crippen molar-refractivity contribution >= 4 is 11.9 Å². The first-order valence-electron chi connectivity index (χ1n) is 12.2. The van der Waals surface area contributed by atoms with E-state index in [2.05, 4.69) is 34.9 Å². The monoisotopic (exact) mass is 478 g/mol. The molecule has 0 amide bonds. The lowest BCUT2D eigenvalue weighted by molar-refractivity contribution is -0.156. The first-order valence-corrected chi connectivity index (χ1v) is 12.2. The molecule has 1 rings (SSSR count). The normalized spacial score (nSPS) is 13.9. The molecule has 0 saturated heterocycles. The van der Waals surface area contributed by atoms with Crippen molar-refractivity contribution in [2.75, 3.05) is 0 Å². The second kappa shape index (κ2) is 14.4.